The first kappa shape index (κ1) is 20.2. The van der Waals surface area contributed by atoms with Gasteiger partial charge in [0.15, 0.2) is 0 Å². The fraction of sp³-hybridized carbons (Fsp3) is 0.200. The van der Waals surface area contributed by atoms with Crippen molar-refractivity contribution in [3.8, 4) is 0 Å². The van der Waals surface area contributed by atoms with Gasteiger partial charge in [0.1, 0.15) is 6.04 Å². The molecule has 30 heavy (non-hydrogen) atoms. The molecule has 0 bridgehead atoms. The maximum absolute atomic E-state index is 13.2. The molecule has 4 nitrogen and oxygen atoms in total. The van der Waals surface area contributed by atoms with Crippen molar-refractivity contribution in [1.82, 2.24) is 10.2 Å². The Bertz CT molecular complexity index is 1130. The lowest BCUT2D eigenvalue weighted by Gasteiger charge is -2.25. The molecule has 0 saturated heterocycles. The number of fused-ring (bicyclic) bond motifs is 1. The number of hydrogen-bond donors (Lipinski definition) is 1. The van der Waals surface area contributed by atoms with Gasteiger partial charge in [0.05, 0.1) is 0 Å². The molecule has 3 aromatic rings. The lowest BCUT2D eigenvalue weighted by molar-refractivity contribution is -0.125. The minimum absolute atomic E-state index is 0.121. The van der Waals surface area contributed by atoms with Crippen molar-refractivity contribution in [3.05, 3.63) is 105 Å². The number of nitrogens with one attached hydrogen (secondary N) is 1. The summed E-state index contributed by atoms with van der Waals surface area (Å²) >= 11 is 6.22. The number of rotatable bonds is 5. The fourth-order valence-electron chi connectivity index (χ4n) is 3.89. The highest BCUT2D eigenvalue weighted by Gasteiger charge is 2.40. The molecule has 152 valence electrons. The van der Waals surface area contributed by atoms with Crippen molar-refractivity contribution < 1.29 is 9.59 Å². The summed E-state index contributed by atoms with van der Waals surface area (Å²) in [7, 11) is 0. The van der Waals surface area contributed by atoms with Crippen LogP contribution in [0, 0.1) is 13.8 Å². The van der Waals surface area contributed by atoms with E-state index in [1.807, 2.05) is 62.4 Å². The Morgan fingerprint density at radius 3 is 2.53 bits per heavy atom. The Balaban J connectivity index is 1.63. The van der Waals surface area contributed by atoms with E-state index in [0.717, 1.165) is 27.8 Å². The number of nitrogens with zero attached hydrogens (tertiary/aromatic N) is 1. The number of carbonyl (C=O) groups is 2. The van der Waals surface area contributed by atoms with Crippen LogP contribution in [0.4, 0.5) is 0 Å². The Kier molecular flexibility index (Phi) is 5.60. The molecule has 1 aliphatic heterocycles. The van der Waals surface area contributed by atoms with E-state index < -0.39 is 6.04 Å². The van der Waals surface area contributed by atoms with Crippen LogP contribution in [0.2, 0.25) is 5.02 Å². The monoisotopic (exact) mass is 418 g/mol. The number of aryl methyl sites for hydroxylation is 2. The molecule has 1 unspecified atom stereocenters. The highest BCUT2D eigenvalue weighted by atomic mass is 35.5. The minimum Gasteiger partial charge on any atom is -0.350 e. The first-order valence-corrected chi connectivity index (χ1v) is 10.3. The predicted octanol–water partition coefficient (Wildman–Crippen LogP) is 4.97. The average Bonchev–Trinajstić information content (AvgIpc) is 3.02. The van der Waals surface area contributed by atoms with Gasteiger partial charge in [-0.3, -0.25) is 9.59 Å². The molecule has 0 saturated carbocycles. The first-order chi connectivity index (χ1) is 14.5. The van der Waals surface area contributed by atoms with Crippen LogP contribution < -0.4 is 5.32 Å². The predicted molar refractivity (Wildman–Crippen MR) is 118 cm³/mol. The number of hydrogen-bond acceptors (Lipinski definition) is 2. The van der Waals surface area contributed by atoms with Crippen molar-refractivity contribution in [1.29, 1.82) is 0 Å². The minimum atomic E-state index is -0.670. The summed E-state index contributed by atoms with van der Waals surface area (Å²) in [6, 6.07) is 20.2. The van der Waals surface area contributed by atoms with Gasteiger partial charge in [-0.25, -0.2) is 0 Å². The molecule has 1 aliphatic rings. The molecule has 0 aliphatic carbocycles. The van der Waals surface area contributed by atoms with Gasteiger partial charge in [0.2, 0.25) is 5.91 Å². The molecule has 1 N–H and O–H groups in total. The third-order valence-electron chi connectivity index (χ3n) is 5.56. The second kappa shape index (κ2) is 8.33. The van der Waals surface area contributed by atoms with Crippen molar-refractivity contribution in [2.45, 2.75) is 33.0 Å². The van der Waals surface area contributed by atoms with Crippen LogP contribution in [-0.2, 0) is 17.9 Å². The Hall–Kier alpha value is -3.11. The standard InChI is InChI=1S/C25H23ClN2O2/c1-16-11-12-17(2)19(13-16)15-28-23(20-8-4-5-9-21(20)25(28)30)24(29)27-14-18-7-3-6-10-22(18)26/h3-13,23H,14-15H2,1-2H3,(H,27,29). The second-order valence-corrected chi connectivity index (χ2v) is 8.07. The molecule has 0 spiro atoms. The highest BCUT2D eigenvalue weighted by molar-refractivity contribution is 6.31. The van der Waals surface area contributed by atoms with Crippen LogP contribution in [0.5, 0.6) is 0 Å². The van der Waals surface area contributed by atoms with Gasteiger partial charge in [0.25, 0.3) is 5.91 Å². The third-order valence-corrected chi connectivity index (χ3v) is 5.93. The van der Waals surface area contributed by atoms with E-state index in [9.17, 15) is 9.59 Å². The molecule has 2 amide bonds. The number of halogens is 1. The maximum Gasteiger partial charge on any atom is 0.255 e. The molecule has 0 aromatic heterocycles. The first-order valence-electron chi connectivity index (χ1n) is 9.93. The third kappa shape index (κ3) is 3.83. The van der Waals surface area contributed by atoms with Crippen LogP contribution in [0.15, 0.2) is 66.7 Å². The number of carbonyl (C=O) groups excluding carboxylic acids is 2. The smallest absolute Gasteiger partial charge is 0.255 e. The van der Waals surface area contributed by atoms with Gasteiger partial charge >= 0.3 is 0 Å². The largest absolute Gasteiger partial charge is 0.350 e. The lowest BCUT2D eigenvalue weighted by atomic mass is 10.0. The molecule has 3 aromatic carbocycles. The van der Waals surface area contributed by atoms with Crippen molar-refractivity contribution in [3.63, 3.8) is 0 Å². The van der Waals surface area contributed by atoms with E-state index in [0.29, 0.717) is 23.7 Å². The summed E-state index contributed by atoms with van der Waals surface area (Å²) in [6.07, 6.45) is 0. The summed E-state index contributed by atoms with van der Waals surface area (Å²) in [5.41, 5.74) is 5.43. The Labute approximate surface area is 181 Å². The zero-order valence-electron chi connectivity index (χ0n) is 17.0. The van der Waals surface area contributed by atoms with Crippen molar-refractivity contribution in [2.75, 3.05) is 0 Å². The van der Waals surface area contributed by atoms with E-state index in [1.165, 1.54) is 0 Å². The van der Waals surface area contributed by atoms with Gasteiger partial charge in [-0.1, -0.05) is 71.8 Å². The summed E-state index contributed by atoms with van der Waals surface area (Å²) in [5.74, 6) is -0.331. The highest BCUT2D eigenvalue weighted by Crippen LogP contribution is 2.35. The quantitative estimate of drug-likeness (QED) is 0.635. The van der Waals surface area contributed by atoms with Crippen molar-refractivity contribution in [2.24, 2.45) is 0 Å². The molecular formula is C25H23ClN2O2. The van der Waals surface area contributed by atoms with E-state index in [1.54, 1.807) is 17.0 Å². The Morgan fingerprint density at radius 1 is 1.00 bits per heavy atom. The van der Waals surface area contributed by atoms with Crippen LogP contribution >= 0.6 is 11.6 Å². The molecule has 4 rings (SSSR count). The Morgan fingerprint density at radius 2 is 1.73 bits per heavy atom. The van der Waals surface area contributed by atoms with Crippen LogP contribution in [0.1, 0.15) is 44.2 Å². The zero-order chi connectivity index (χ0) is 21.3. The normalized spacial score (nSPS) is 15.2. The summed E-state index contributed by atoms with van der Waals surface area (Å²) in [5, 5.41) is 3.57. The average molecular weight is 419 g/mol. The molecular weight excluding hydrogens is 396 g/mol. The van der Waals surface area contributed by atoms with Gasteiger partial charge in [-0.05, 0) is 48.2 Å². The molecule has 0 radical (unpaired) electrons. The van der Waals surface area contributed by atoms with Gasteiger partial charge in [-0.15, -0.1) is 0 Å². The van der Waals surface area contributed by atoms with Gasteiger partial charge in [0, 0.05) is 23.7 Å². The maximum atomic E-state index is 13.2. The molecule has 1 heterocycles. The van der Waals surface area contributed by atoms with E-state index in [2.05, 4.69) is 11.4 Å². The second-order valence-electron chi connectivity index (χ2n) is 7.66. The zero-order valence-corrected chi connectivity index (χ0v) is 17.7. The molecule has 0 fully saturated rings. The van der Waals surface area contributed by atoms with E-state index in [-0.39, 0.29) is 11.8 Å². The van der Waals surface area contributed by atoms with Crippen LogP contribution in [-0.4, -0.2) is 16.7 Å². The molecule has 1 atom stereocenters. The van der Waals surface area contributed by atoms with Crippen molar-refractivity contribution >= 4 is 23.4 Å². The summed E-state index contributed by atoms with van der Waals surface area (Å²) < 4.78 is 0. The van der Waals surface area contributed by atoms with Crippen LogP contribution in [0.25, 0.3) is 0 Å². The van der Waals surface area contributed by atoms with Crippen LogP contribution in [0.3, 0.4) is 0 Å². The summed E-state index contributed by atoms with van der Waals surface area (Å²) in [4.78, 5) is 28.1. The lowest BCUT2D eigenvalue weighted by Crippen LogP contribution is -2.38. The van der Waals surface area contributed by atoms with E-state index >= 15 is 0 Å². The fourth-order valence-corrected chi connectivity index (χ4v) is 4.09. The van der Waals surface area contributed by atoms with Gasteiger partial charge in [-0.2, -0.15) is 0 Å². The molecule has 5 heteroatoms. The van der Waals surface area contributed by atoms with Gasteiger partial charge < -0.3 is 10.2 Å². The number of benzene rings is 3. The SMILES string of the molecule is Cc1ccc(C)c(CN2C(=O)c3ccccc3C2C(=O)NCc2ccccc2Cl)c1. The topological polar surface area (TPSA) is 49.4 Å². The summed E-state index contributed by atoms with van der Waals surface area (Å²) in [6.45, 7) is 4.74. The number of amides is 2. The van der Waals surface area contributed by atoms with E-state index in [4.69, 9.17) is 11.6 Å².